The lowest BCUT2D eigenvalue weighted by molar-refractivity contribution is 0.291. The third kappa shape index (κ3) is 2.60. The molecule has 0 fully saturated rings. The summed E-state index contributed by atoms with van der Waals surface area (Å²) in [6.45, 7) is 0. The van der Waals surface area contributed by atoms with Gasteiger partial charge in [0, 0.05) is 6.42 Å². The highest BCUT2D eigenvalue weighted by molar-refractivity contribution is 5.38. The molecule has 1 heterocycles. The van der Waals surface area contributed by atoms with Crippen LogP contribution in [0.3, 0.4) is 0 Å². The first-order valence-electron chi connectivity index (χ1n) is 6.67. The van der Waals surface area contributed by atoms with E-state index in [2.05, 4.69) is 0 Å². The van der Waals surface area contributed by atoms with Crippen LogP contribution in [0, 0.1) is 0 Å². The summed E-state index contributed by atoms with van der Waals surface area (Å²) in [6, 6.07) is 19.3. The van der Waals surface area contributed by atoms with Crippen molar-refractivity contribution in [2.24, 2.45) is 0 Å². The van der Waals surface area contributed by atoms with Crippen LogP contribution in [0.4, 0.5) is 0 Å². The maximum atomic E-state index is 12.1. The second-order valence-electron chi connectivity index (χ2n) is 4.64. The van der Waals surface area contributed by atoms with Crippen molar-refractivity contribution in [2.75, 3.05) is 7.11 Å². The Hall–Kier alpha value is -2.75. The van der Waals surface area contributed by atoms with Gasteiger partial charge in [0.15, 0.2) is 0 Å². The predicted octanol–water partition coefficient (Wildman–Crippen LogP) is 3.03. The molecule has 4 nitrogen and oxygen atoms in total. The Morgan fingerprint density at radius 1 is 1.00 bits per heavy atom. The van der Waals surface area contributed by atoms with Gasteiger partial charge in [0.1, 0.15) is 5.69 Å². The number of oxazole rings is 1. The first-order valence-corrected chi connectivity index (χ1v) is 6.67. The maximum absolute atomic E-state index is 12.1. The number of hydrogen-bond acceptors (Lipinski definition) is 3. The van der Waals surface area contributed by atoms with Gasteiger partial charge in [0.05, 0.1) is 12.8 Å². The van der Waals surface area contributed by atoms with Crippen molar-refractivity contribution in [3.8, 4) is 11.6 Å². The maximum Gasteiger partial charge on any atom is 0.426 e. The topological polar surface area (TPSA) is 44.4 Å². The van der Waals surface area contributed by atoms with Gasteiger partial charge in [-0.2, -0.15) is 0 Å². The van der Waals surface area contributed by atoms with E-state index in [0.717, 1.165) is 11.3 Å². The van der Waals surface area contributed by atoms with Crippen LogP contribution in [0.1, 0.15) is 11.3 Å². The second kappa shape index (κ2) is 5.71. The molecule has 0 saturated heterocycles. The first kappa shape index (κ1) is 13.2. The molecular formula is C17H15NO3. The summed E-state index contributed by atoms with van der Waals surface area (Å²) in [7, 11) is 1.50. The molecule has 0 spiro atoms. The molecule has 4 heteroatoms. The van der Waals surface area contributed by atoms with Gasteiger partial charge in [-0.25, -0.2) is 9.36 Å². The van der Waals surface area contributed by atoms with E-state index in [-0.39, 0.29) is 5.95 Å². The lowest BCUT2D eigenvalue weighted by Gasteiger charge is -2.07. The Kier molecular flexibility index (Phi) is 3.60. The van der Waals surface area contributed by atoms with Crippen molar-refractivity contribution in [1.82, 2.24) is 4.57 Å². The summed E-state index contributed by atoms with van der Waals surface area (Å²) < 4.78 is 12.0. The molecule has 0 N–H and O–H groups in total. The fourth-order valence-electron chi connectivity index (χ4n) is 2.32. The van der Waals surface area contributed by atoms with Gasteiger partial charge in [0.25, 0.3) is 0 Å². The summed E-state index contributed by atoms with van der Waals surface area (Å²) in [5.41, 5.74) is 2.56. The van der Waals surface area contributed by atoms with E-state index in [1.54, 1.807) is 4.57 Å². The second-order valence-corrected chi connectivity index (χ2v) is 4.64. The highest BCUT2D eigenvalue weighted by Crippen LogP contribution is 2.23. The molecule has 21 heavy (non-hydrogen) atoms. The molecule has 0 aliphatic carbocycles. The molecule has 3 aromatic rings. The smallest absolute Gasteiger partial charge is 0.426 e. The average Bonchev–Trinajstić information content (AvgIpc) is 2.85. The van der Waals surface area contributed by atoms with E-state index in [4.69, 9.17) is 9.15 Å². The third-order valence-corrected chi connectivity index (χ3v) is 3.28. The number of hydrogen-bond donors (Lipinski definition) is 0. The Morgan fingerprint density at radius 3 is 2.24 bits per heavy atom. The van der Waals surface area contributed by atoms with E-state index in [0.29, 0.717) is 12.1 Å². The quantitative estimate of drug-likeness (QED) is 0.738. The highest BCUT2D eigenvalue weighted by Gasteiger charge is 2.19. The molecule has 0 aliphatic heterocycles. The molecule has 1 aromatic heterocycles. The molecule has 0 aliphatic rings. The number of benzene rings is 2. The summed E-state index contributed by atoms with van der Waals surface area (Å²) >= 11 is 0. The van der Waals surface area contributed by atoms with Gasteiger partial charge in [-0.1, -0.05) is 48.5 Å². The number of ether oxygens (including phenoxy) is 1. The van der Waals surface area contributed by atoms with Crippen LogP contribution in [0.2, 0.25) is 0 Å². The summed E-state index contributed by atoms with van der Waals surface area (Å²) in [6.07, 6.45) is 0.560. The minimum absolute atomic E-state index is 0.257. The first-order chi connectivity index (χ1) is 10.3. The van der Waals surface area contributed by atoms with Crippen molar-refractivity contribution < 1.29 is 9.15 Å². The molecule has 0 unspecified atom stereocenters. The number of rotatable bonds is 4. The van der Waals surface area contributed by atoms with Gasteiger partial charge in [-0.3, -0.25) is 0 Å². The van der Waals surface area contributed by atoms with Crippen LogP contribution in [0.25, 0.3) is 5.69 Å². The lowest BCUT2D eigenvalue weighted by Crippen LogP contribution is -2.15. The van der Waals surface area contributed by atoms with Crippen LogP contribution in [-0.2, 0) is 6.42 Å². The fraction of sp³-hybridized carbons (Fsp3) is 0.118. The molecule has 0 amide bonds. The average molecular weight is 281 g/mol. The Labute approximate surface area is 122 Å². The highest BCUT2D eigenvalue weighted by atomic mass is 16.6. The zero-order valence-corrected chi connectivity index (χ0v) is 11.7. The van der Waals surface area contributed by atoms with Crippen molar-refractivity contribution in [2.45, 2.75) is 6.42 Å². The minimum atomic E-state index is -0.441. The summed E-state index contributed by atoms with van der Waals surface area (Å²) in [4.78, 5) is 12.1. The molecule has 0 atom stereocenters. The van der Waals surface area contributed by atoms with E-state index in [9.17, 15) is 4.79 Å². The van der Waals surface area contributed by atoms with Gasteiger partial charge < -0.3 is 9.15 Å². The molecule has 0 bridgehead atoms. The fourth-order valence-corrected chi connectivity index (χ4v) is 2.32. The largest absolute Gasteiger partial charge is 0.467 e. The van der Waals surface area contributed by atoms with Gasteiger partial charge in [-0.15, -0.1) is 0 Å². The van der Waals surface area contributed by atoms with Crippen LogP contribution < -0.4 is 10.5 Å². The van der Waals surface area contributed by atoms with Crippen molar-refractivity contribution >= 4 is 0 Å². The van der Waals surface area contributed by atoms with Crippen molar-refractivity contribution in [3.05, 3.63) is 82.5 Å². The van der Waals surface area contributed by atoms with E-state index < -0.39 is 5.76 Å². The molecule has 3 rings (SSSR count). The van der Waals surface area contributed by atoms with Gasteiger partial charge in [-0.05, 0) is 17.7 Å². The number of aromatic nitrogens is 1. The van der Waals surface area contributed by atoms with Gasteiger partial charge in [0.2, 0.25) is 0 Å². The normalized spacial score (nSPS) is 10.5. The Bertz CT molecular complexity index is 773. The van der Waals surface area contributed by atoms with E-state index in [1.165, 1.54) is 7.11 Å². The lowest BCUT2D eigenvalue weighted by atomic mass is 10.1. The molecule has 2 aromatic carbocycles. The number of nitrogens with zero attached hydrogens (tertiary/aromatic N) is 1. The van der Waals surface area contributed by atoms with E-state index in [1.807, 2.05) is 60.7 Å². The summed E-state index contributed by atoms with van der Waals surface area (Å²) in [5, 5.41) is 0. The van der Waals surface area contributed by atoms with Crippen molar-refractivity contribution in [1.29, 1.82) is 0 Å². The monoisotopic (exact) mass is 281 g/mol. The molecule has 0 radical (unpaired) electrons. The van der Waals surface area contributed by atoms with Gasteiger partial charge >= 0.3 is 11.7 Å². The standard InChI is InChI=1S/C17H15NO3/c1-20-16-15(12-13-8-4-2-5-9-13)18(17(19)21-16)14-10-6-3-7-11-14/h2-11H,12H2,1H3. The summed E-state index contributed by atoms with van der Waals surface area (Å²) in [5.74, 6) is -0.184. The number of para-hydroxylation sites is 1. The van der Waals surface area contributed by atoms with Crippen LogP contribution in [-0.4, -0.2) is 11.7 Å². The predicted molar refractivity (Wildman–Crippen MR) is 80.1 cm³/mol. The third-order valence-electron chi connectivity index (χ3n) is 3.28. The zero-order chi connectivity index (χ0) is 14.7. The number of methoxy groups -OCH3 is 1. The molecular weight excluding hydrogens is 266 g/mol. The van der Waals surface area contributed by atoms with E-state index >= 15 is 0 Å². The van der Waals surface area contributed by atoms with Crippen LogP contribution in [0.5, 0.6) is 5.95 Å². The molecule has 0 saturated carbocycles. The van der Waals surface area contributed by atoms with Crippen LogP contribution in [0.15, 0.2) is 69.9 Å². The SMILES string of the molecule is COc1oc(=O)n(-c2ccccc2)c1Cc1ccccc1. The van der Waals surface area contributed by atoms with Crippen LogP contribution >= 0.6 is 0 Å². The minimum Gasteiger partial charge on any atom is -0.467 e. The molecule has 106 valence electrons. The Balaban J connectivity index is 2.12. The van der Waals surface area contributed by atoms with Crippen molar-refractivity contribution in [3.63, 3.8) is 0 Å². The zero-order valence-electron chi connectivity index (χ0n) is 11.7. The Morgan fingerprint density at radius 2 is 1.62 bits per heavy atom.